The smallest absolute Gasteiger partial charge is 0.124 e. The van der Waals surface area contributed by atoms with E-state index in [1.165, 1.54) is 5.56 Å². The highest BCUT2D eigenvalue weighted by atomic mass is 32.1. The Bertz CT molecular complexity index is 722. The summed E-state index contributed by atoms with van der Waals surface area (Å²) >= 11 is 3.34. The highest BCUT2D eigenvalue weighted by Gasteiger charge is 2.08. The van der Waals surface area contributed by atoms with Crippen LogP contribution in [0.15, 0.2) is 46.5 Å². The van der Waals surface area contributed by atoms with Gasteiger partial charge in [-0.3, -0.25) is 0 Å². The standard InChI is InChI=1S/C17H18N2OS2/c1-12-3-2-4-13(7-12)16(20)9-18-8-15-11-22-17(19-15)14-5-6-21-10-14/h2-7,10-11,16,18,20H,8-9H2,1H3. The molecule has 2 heterocycles. The fraction of sp³-hybridized carbons (Fsp3) is 0.235. The molecule has 3 rings (SSSR count). The molecule has 0 amide bonds. The molecule has 0 radical (unpaired) electrons. The van der Waals surface area contributed by atoms with Crippen LogP contribution in [0.3, 0.4) is 0 Å². The summed E-state index contributed by atoms with van der Waals surface area (Å²) in [5.74, 6) is 0. The van der Waals surface area contributed by atoms with Crippen molar-refractivity contribution in [1.82, 2.24) is 10.3 Å². The number of hydrogen-bond acceptors (Lipinski definition) is 5. The zero-order chi connectivity index (χ0) is 15.4. The number of aryl methyl sites for hydroxylation is 1. The molecule has 114 valence electrons. The van der Waals surface area contributed by atoms with Gasteiger partial charge in [-0.1, -0.05) is 29.8 Å². The highest BCUT2D eigenvalue weighted by Crippen LogP contribution is 2.25. The van der Waals surface area contributed by atoms with Crippen LogP contribution >= 0.6 is 22.7 Å². The van der Waals surface area contributed by atoms with Gasteiger partial charge in [0.15, 0.2) is 0 Å². The average molecular weight is 330 g/mol. The summed E-state index contributed by atoms with van der Waals surface area (Å²) in [6.07, 6.45) is -0.491. The second-order valence-electron chi connectivity index (χ2n) is 5.22. The molecule has 0 aliphatic rings. The van der Waals surface area contributed by atoms with E-state index in [1.54, 1.807) is 22.7 Å². The molecule has 2 N–H and O–H groups in total. The van der Waals surface area contributed by atoms with Gasteiger partial charge < -0.3 is 10.4 Å². The van der Waals surface area contributed by atoms with E-state index >= 15 is 0 Å². The van der Waals surface area contributed by atoms with Crippen molar-refractivity contribution < 1.29 is 5.11 Å². The van der Waals surface area contributed by atoms with Gasteiger partial charge in [0.2, 0.25) is 0 Å². The SMILES string of the molecule is Cc1cccc(C(O)CNCc2csc(-c3ccsc3)n2)c1. The Labute approximate surface area is 138 Å². The fourth-order valence-electron chi connectivity index (χ4n) is 2.24. The van der Waals surface area contributed by atoms with E-state index in [4.69, 9.17) is 0 Å². The van der Waals surface area contributed by atoms with Gasteiger partial charge in [-0.05, 0) is 23.9 Å². The van der Waals surface area contributed by atoms with Crippen molar-refractivity contribution in [2.75, 3.05) is 6.54 Å². The van der Waals surface area contributed by atoms with E-state index < -0.39 is 6.10 Å². The van der Waals surface area contributed by atoms with E-state index in [0.29, 0.717) is 13.1 Å². The van der Waals surface area contributed by atoms with Crippen molar-refractivity contribution in [2.24, 2.45) is 0 Å². The normalized spacial score (nSPS) is 12.5. The minimum absolute atomic E-state index is 0.491. The van der Waals surface area contributed by atoms with E-state index in [9.17, 15) is 5.11 Å². The number of aromatic nitrogens is 1. The van der Waals surface area contributed by atoms with Crippen molar-refractivity contribution in [2.45, 2.75) is 19.6 Å². The van der Waals surface area contributed by atoms with Crippen LogP contribution in [0.1, 0.15) is 22.9 Å². The molecule has 0 fully saturated rings. The Morgan fingerprint density at radius 1 is 1.27 bits per heavy atom. The first-order valence-electron chi connectivity index (χ1n) is 7.14. The van der Waals surface area contributed by atoms with Gasteiger partial charge in [-0.2, -0.15) is 11.3 Å². The summed E-state index contributed by atoms with van der Waals surface area (Å²) in [5, 5.41) is 20.8. The highest BCUT2D eigenvalue weighted by molar-refractivity contribution is 7.14. The summed E-state index contributed by atoms with van der Waals surface area (Å²) in [6, 6.07) is 10.1. The molecule has 22 heavy (non-hydrogen) atoms. The number of benzene rings is 1. The first-order chi connectivity index (χ1) is 10.7. The lowest BCUT2D eigenvalue weighted by Crippen LogP contribution is -2.21. The van der Waals surface area contributed by atoms with Gasteiger partial charge in [-0.25, -0.2) is 4.98 Å². The molecule has 5 heteroatoms. The third-order valence-corrected chi connectivity index (χ3v) is 5.01. The van der Waals surface area contributed by atoms with Crippen molar-refractivity contribution in [1.29, 1.82) is 0 Å². The van der Waals surface area contributed by atoms with Crippen LogP contribution in [0, 0.1) is 6.92 Å². The number of nitrogens with zero attached hydrogens (tertiary/aromatic N) is 1. The monoisotopic (exact) mass is 330 g/mol. The number of aliphatic hydroxyl groups excluding tert-OH is 1. The second-order valence-corrected chi connectivity index (χ2v) is 6.85. The molecule has 3 nitrogen and oxygen atoms in total. The fourth-order valence-corrected chi connectivity index (χ4v) is 3.77. The molecule has 3 aromatic rings. The van der Waals surface area contributed by atoms with Crippen molar-refractivity contribution in [3.63, 3.8) is 0 Å². The molecule has 1 atom stereocenters. The Hall–Kier alpha value is -1.53. The third kappa shape index (κ3) is 3.81. The maximum Gasteiger partial charge on any atom is 0.124 e. The van der Waals surface area contributed by atoms with Crippen LogP contribution in [0.2, 0.25) is 0 Å². The van der Waals surface area contributed by atoms with Crippen molar-refractivity contribution >= 4 is 22.7 Å². The minimum atomic E-state index is -0.491. The number of nitrogens with one attached hydrogen (secondary N) is 1. The zero-order valence-electron chi connectivity index (χ0n) is 12.3. The maximum atomic E-state index is 10.2. The zero-order valence-corrected chi connectivity index (χ0v) is 14.0. The Balaban J connectivity index is 1.53. The van der Waals surface area contributed by atoms with E-state index in [-0.39, 0.29) is 0 Å². The summed E-state index contributed by atoms with van der Waals surface area (Å²) in [7, 11) is 0. The summed E-state index contributed by atoms with van der Waals surface area (Å²) in [4.78, 5) is 4.62. The first kappa shape index (κ1) is 15.4. The lowest BCUT2D eigenvalue weighted by Gasteiger charge is -2.12. The average Bonchev–Trinajstić information content (AvgIpc) is 3.18. The minimum Gasteiger partial charge on any atom is -0.387 e. The topological polar surface area (TPSA) is 45.1 Å². The molecular weight excluding hydrogens is 312 g/mol. The van der Waals surface area contributed by atoms with Crippen molar-refractivity contribution in [3.8, 4) is 10.6 Å². The van der Waals surface area contributed by atoms with E-state index in [1.807, 2.05) is 31.2 Å². The van der Waals surface area contributed by atoms with Gasteiger partial charge >= 0.3 is 0 Å². The number of rotatable bonds is 6. The molecule has 0 aliphatic carbocycles. The van der Waals surface area contributed by atoms with Gasteiger partial charge in [0, 0.05) is 29.4 Å². The number of aliphatic hydroxyl groups is 1. The predicted octanol–water partition coefficient (Wildman–Crippen LogP) is 4.00. The first-order valence-corrected chi connectivity index (χ1v) is 8.97. The quantitative estimate of drug-likeness (QED) is 0.718. The van der Waals surface area contributed by atoms with Crippen LogP contribution in [0.4, 0.5) is 0 Å². The Kier molecular flexibility index (Phi) is 5.00. The van der Waals surface area contributed by atoms with Crippen LogP contribution in [-0.2, 0) is 6.54 Å². The van der Waals surface area contributed by atoms with Gasteiger partial charge in [0.05, 0.1) is 11.8 Å². The summed E-state index contributed by atoms with van der Waals surface area (Å²) in [5.41, 5.74) is 4.31. The molecule has 2 aromatic heterocycles. The Morgan fingerprint density at radius 2 is 2.18 bits per heavy atom. The molecule has 0 saturated carbocycles. The van der Waals surface area contributed by atoms with Crippen LogP contribution in [-0.4, -0.2) is 16.6 Å². The predicted molar refractivity (Wildman–Crippen MR) is 93.3 cm³/mol. The molecule has 1 aromatic carbocycles. The third-order valence-electron chi connectivity index (χ3n) is 3.39. The van der Waals surface area contributed by atoms with Gasteiger partial charge in [-0.15, -0.1) is 11.3 Å². The molecular formula is C17H18N2OS2. The van der Waals surface area contributed by atoms with Crippen LogP contribution < -0.4 is 5.32 Å². The molecule has 0 aliphatic heterocycles. The largest absolute Gasteiger partial charge is 0.387 e. The number of hydrogen-bond donors (Lipinski definition) is 2. The summed E-state index contributed by atoms with van der Waals surface area (Å²) < 4.78 is 0. The number of thiophene rings is 1. The van der Waals surface area contributed by atoms with Gasteiger partial charge in [0.1, 0.15) is 5.01 Å². The molecule has 0 bridgehead atoms. The van der Waals surface area contributed by atoms with Gasteiger partial charge in [0.25, 0.3) is 0 Å². The maximum absolute atomic E-state index is 10.2. The molecule has 0 saturated heterocycles. The molecule has 1 unspecified atom stereocenters. The van der Waals surface area contributed by atoms with Crippen LogP contribution in [0.5, 0.6) is 0 Å². The van der Waals surface area contributed by atoms with Crippen LogP contribution in [0.25, 0.3) is 10.6 Å². The van der Waals surface area contributed by atoms with E-state index in [2.05, 4.69) is 32.5 Å². The number of thiazole rings is 1. The second kappa shape index (κ2) is 7.15. The van der Waals surface area contributed by atoms with Crippen molar-refractivity contribution in [3.05, 3.63) is 63.3 Å². The van der Waals surface area contributed by atoms with E-state index in [0.717, 1.165) is 21.8 Å². The summed E-state index contributed by atoms with van der Waals surface area (Å²) in [6.45, 7) is 3.23. The Morgan fingerprint density at radius 3 is 2.95 bits per heavy atom. The lowest BCUT2D eigenvalue weighted by molar-refractivity contribution is 0.174. The lowest BCUT2D eigenvalue weighted by atomic mass is 10.1. The molecule has 0 spiro atoms.